The van der Waals surface area contributed by atoms with Crippen molar-refractivity contribution in [1.82, 2.24) is 5.32 Å². The zero-order valence-electron chi connectivity index (χ0n) is 11.1. The van der Waals surface area contributed by atoms with E-state index in [4.69, 9.17) is 5.11 Å². The summed E-state index contributed by atoms with van der Waals surface area (Å²) in [5.74, 6) is -1.23. The highest BCUT2D eigenvalue weighted by Gasteiger charge is 2.05. The van der Waals surface area contributed by atoms with Crippen LogP contribution in [0.3, 0.4) is 0 Å². The first-order chi connectivity index (χ1) is 8.10. The van der Waals surface area contributed by atoms with E-state index < -0.39 is 5.97 Å². The maximum atomic E-state index is 11.2. The van der Waals surface area contributed by atoms with Crippen molar-refractivity contribution >= 4 is 11.9 Å². The van der Waals surface area contributed by atoms with Crippen molar-refractivity contribution in [1.29, 1.82) is 0 Å². The Morgan fingerprint density at radius 1 is 1.24 bits per heavy atom. The molecule has 98 valence electrons. The second-order valence-corrected chi connectivity index (χ2v) is 3.00. The minimum absolute atomic E-state index is 0.00659. The molecule has 0 spiro atoms. The maximum absolute atomic E-state index is 11.2. The highest BCUT2D eigenvalue weighted by Crippen LogP contribution is 1.96. The van der Waals surface area contributed by atoms with Gasteiger partial charge in [0.2, 0.25) is 5.91 Å². The highest BCUT2D eigenvalue weighted by atomic mass is 16.4. The summed E-state index contributed by atoms with van der Waals surface area (Å²) in [6.07, 6.45) is 6.26. The van der Waals surface area contributed by atoms with Gasteiger partial charge in [-0.05, 0) is 19.4 Å². The number of carbonyl (C=O) groups excluding carboxylic acids is 1. The third-order valence-corrected chi connectivity index (χ3v) is 1.69. The van der Waals surface area contributed by atoms with Crippen LogP contribution in [-0.4, -0.2) is 17.0 Å². The average molecular weight is 241 g/mol. The van der Waals surface area contributed by atoms with E-state index >= 15 is 0 Å². The van der Waals surface area contributed by atoms with Gasteiger partial charge in [0.25, 0.3) is 0 Å². The molecule has 0 unspecified atom stereocenters. The number of carboxylic acids is 1. The number of hydrogen-bond acceptors (Lipinski definition) is 2. The molecule has 0 fully saturated rings. The fourth-order valence-electron chi connectivity index (χ4n) is 0.899. The fraction of sp³-hybridized carbons (Fsp3) is 0.538. The van der Waals surface area contributed by atoms with Gasteiger partial charge in [0, 0.05) is 12.1 Å². The van der Waals surface area contributed by atoms with Gasteiger partial charge in [-0.2, -0.15) is 0 Å². The van der Waals surface area contributed by atoms with Crippen LogP contribution in [0.5, 0.6) is 0 Å². The summed E-state index contributed by atoms with van der Waals surface area (Å²) in [4.78, 5) is 21.5. The second kappa shape index (κ2) is 12.5. The van der Waals surface area contributed by atoms with Gasteiger partial charge in [-0.3, -0.25) is 9.59 Å². The van der Waals surface area contributed by atoms with Crippen LogP contribution in [0.25, 0.3) is 0 Å². The molecule has 0 aliphatic rings. The molecule has 0 heterocycles. The van der Waals surface area contributed by atoms with Gasteiger partial charge in [-0.1, -0.05) is 32.9 Å². The van der Waals surface area contributed by atoms with E-state index in [1.165, 1.54) is 0 Å². The first-order valence-corrected chi connectivity index (χ1v) is 5.94. The topological polar surface area (TPSA) is 66.4 Å². The Balaban J connectivity index is 0. The van der Waals surface area contributed by atoms with Gasteiger partial charge in [0.1, 0.15) is 0 Å². The van der Waals surface area contributed by atoms with Gasteiger partial charge >= 0.3 is 5.97 Å². The first-order valence-electron chi connectivity index (χ1n) is 5.94. The van der Waals surface area contributed by atoms with Crippen LogP contribution in [0.2, 0.25) is 0 Å². The molecule has 0 saturated carbocycles. The Morgan fingerprint density at radius 2 is 1.82 bits per heavy atom. The average Bonchev–Trinajstić information content (AvgIpc) is 2.34. The first kappa shape index (κ1) is 17.8. The van der Waals surface area contributed by atoms with Gasteiger partial charge in [0.05, 0.1) is 6.42 Å². The number of amides is 1. The molecule has 0 aromatic carbocycles. The number of allylic oxidation sites excluding steroid dienone is 3. The predicted octanol–water partition coefficient (Wildman–Crippen LogP) is 2.86. The molecule has 0 saturated heterocycles. The van der Waals surface area contributed by atoms with Gasteiger partial charge in [-0.15, -0.1) is 0 Å². The van der Waals surface area contributed by atoms with E-state index in [9.17, 15) is 9.59 Å². The predicted molar refractivity (Wildman–Crippen MR) is 69.5 cm³/mol. The minimum atomic E-state index is -0.962. The molecule has 4 heteroatoms. The summed E-state index contributed by atoms with van der Waals surface area (Å²) in [6.45, 7) is 7.81. The number of nitrogens with one attached hydrogen (secondary N) is 1. The van der Waals surface area contributed by atoms with Crippen molar-refractivity contribution in [2.24, 2.45) is 0 Å². The zero-order valence-corrected chi connectivity index (χ0v) is 11.1. The van der Waals surface area contributed by atoms with E-state index in [0.29, 0.717) is 5.70 Å². The number of carbonyl (C=O) groups is 2. The third kappa shape index (κ3) is 12.4. The number of hydrogen-bond donors (Lipinski definition) is 2. The molecular weight excluding hydrogens is 218 g/mol. The fourth-order valence-corrected chi connectivity index (χ4v) is 0.899. The second-order valence-electron chi connectivity index (χ2n) is 3.00. The van der Waals surface area contributed by atoms with Crippen LogP contribution in [-0.2, 0) is 9.59 Å². The Morgan fingerprint density at radius 3 is 2.24 bits per heavy atom. The highest BCUT2D eigenvalue weighted by molar-refractivity contribution is 5.82. The SMILES string of the molecule is C/C=C(\C=C/CC)NC(=O)CCC(=O)O.CC. The van der Waals surface area contributed by atoms with Crippen LogP contribution in [0.4, 0.5) is 0 Å². The van der Waals surface area contributed by atoms with Crippen LogP contribution in [0.15, 0.2) is 23.9 Å². The van der Waals surface area contributed by atoms with Crippen molar-refractivity contribution in [3.8, 4) is 0 Å². The molecule has 0 aromatic heterocycles. The summed E-state index contributed by atoms with van der Waals surface area (Å²) < 4.78 is 0. The lowest BCUT2D eigenvalue weighted by molar-refractivity contribution is -0.138. The molecule has 17 heavy (non-hydrogen) atoms. The molecular formula is C13H23NO3. The van der Waals surface area contributed by atoms with Crippen LogP contribution < -0.4 is 5.32 Å². The van der Waals surface area contributed by atoms with Crippen molar-refractivity contribution in [3.63, 3.8) is 0 Å². The third-order valence-electron chi connectivity index (χ3n) is 1.69. The lowest BCUT2D eigenvalue weighted by Gasteiger charge is -2.04. The van der Waals surface area contributed by atoms with Crippen molar-refractivity contribution in [2.45, 2.75) is 47.0 Å². The van der Waals surface area contributed by atoms with Crippen molar-refractivity contribution in [2.75, 3.05) is 0 Å². The van der Waals surface area contributed by atoms with E-state index in [0.717, 1.165) is 6.42 Å². The van der Waals surface area contributed by atoms with E-state index in [1.54, 1.807) is 12.2 Å². The largest absolute Gasteiger partial charge is 0.481 e. The van der Waals surface area contributed by atoms with Crippen LogP contribution in [0, 0.1) is 0 Å². The molecule has 4 nitrogen and oxygen atoms in total. The Labute approximate surface area is 103 Å². The molecule has 0 radical (unpaired) electrons. The Hall–Kier alpha value is -1.58. The molecule has 2 N–H and O–H groups in total. The standard InChI is InChI=1S/C11H17NO3.C2H6/c1-3-5-6-9(4-2)12-10(13)7-8-11(14)15;1-2/h4-6H,3,7-8H2,1-2H3,(H,12,13)(H,14,15);1-2H3/b6-5-,9-4+;. The molecule has 0 aliphatic carbocycles. The number of rotatable bonds is 6. The van der Waals surface area contributed by atoms with Crippen molar-refractivity contribution in [3.05, 3.63) is 23.9 Å². The monoisotopic (exact) mass is 241 g/mol. The summed E-state index contributed by atoms with van der Waals surface area (Å²) in [7, 11) is 0. The normalized spacial score (nSPS) is 10.7. The molecule has 0 aliphatic heterocycles. The molecule has 1 amide bonds. The van der Waals surface area contributed by atoms with Gasteiger partial charge in [0.15, 0.2) is 0 Å². The summed E-state index contributed by atoms with van der Waals surface area (Å²) in [5.41, 5.74) is 0.701. The Kier molecular flexibility index (Phi) is 13.1. The Bertz CT molecular complexity index is 280. The smallest absolute Gasteiger partial charge is 0.303 e. The lowest BCUT2D eigenvalue weighted by Crippen LogP contribution is -2.22. The molecule has 0 rings (SSSR count). The molecule has 0 atom stereocenters. The minimum Gasteiger partial charge on any atom is -0.481 e. The summed E-state index contributed by atoms with van der Waals surface area (Å²) in [6, 6.07) is 0. The lowest BCUT2D eigenvalue weighted by atomic mass is 10.2. The zero-order chi connectivity index (χ0) is 13.7. The maximum Gasteiger partial charge on any atom is 0.303 e. The number of aliphatic carboxylic acids is 1. The summed E-state index contributed by atoms with van der Waals surface area (Å²) >= 11 is 0. The van der Waals surface area contributed by atoms with E-state index in [1.807, 2.05) is 33.8 Å². The van der Waals surface area contributed by atoms with Crippen LogP contribution >= 0.6 is 0 Å². The number of carboxylic acid groups (broad SMARTS) is 1. The van der Waals surface area contributed by atoms with Crippen LogP contribution in [0.1, 0.15) is 47.0 Å². The molecule has 0 bridgehead atoms. The summed E-state index contributed by atoms with van der Waals surface area (Å²) in [5, 5.41) is 11.0. The molecule has 0 aromatic rings. The van der Waals surface area contributed by atoms with Crippen molar-refractivity contribution < 1.29 is 14.7 Å². The van der Waals surface area contributed by atoms with E-state index in [2.05, 4.69) is 5.32 Å². The van der Waals surface area contributed by atoms with Gasteiger partial charge in [-0.25, -0.2) is 0 Å². The van der Waals surface area contributed by atoms with E-state index in [-0.39, 0.29) is 18.7 Å². The quantitative estimate of drug-likeness (QED) is 0.703. The van der Waals surface area contributed by atoms with Gasteiger partial charge < -0.3 is 10.4 Å².